The Morgan fingerprint density at radius 3 is 2.54 bits per heavy atom. The van der Waals surface area contributed by atoms with Crippen molar-refractivity contribution in [3.05, 3.63) is 82.4 Å². The van der Waals surface area contributed by atoms with Gasteiger partial charge in [0.05, 0.1) is 0 Å². The van der Waals surface area contributed by atoms with Crippen molar-refractivity contribution in [2.75, 3.05) is 5.32 Å². The highest BCUT2D eigenvalue weighted by Crippen LogP contribution is 2.20. The van der Waals surface area contributed by atoms with Crippen molar-refractivity contribution in [3.8, 4) is 0 Å². The molecule has 0 saturated heterocycles. The van der Waals surface area contributed by atoms with E-state index in [1.165, 1.54) is 0 Å². The van der Waals surface area contributed by atoms with Gasteiger partial charge in [-0.1, -0.05) is 23.7 Å². The Bertz CT molecular complexity index is 869. The third kappa shape index (κ3) is 3.66. The lowest BCUT2D eigenvalue weighted by Gasteiger charge is -2.10. The summed E-state index contributed by atoms with van der Waals surface area (Å²) in [6.45, 7) is 4.62. The Hall–Kier alpha value is -2.59. The molecule has 1 amide bonds. The smallest absolute Gasteiger partial charge is 0.255 e. The summed E-state index contributed by atoms with van der Waals surface area (Å²) in [6.07, 6.45) is 3.73. The molecule has 122 valence electrons. The normalized spacial score (nSPS) is 10.6. The summed E-state index contributed by atoms with van der Waals surface area (Å²) in [5.41, 5.74) is 3.44. The largest absolute Gasteiger partial charge is 0.331 e. The van der Waals surface area contributed by atoms with Crippen LogP contribution < -0.4 is 5.32 Å². The van der Waals surface area contributed by atoms with E-state index in [4.69, 9.17) is 11.6 Å². The van der Waals surface area contributed by atoms with Crippen LogP contribution in [0.2, 0.25) is 5.02 Å². The van der Waals surface area contributed by atoms with Gasteiger partial charge in [-0.25, -0.2) is 4.98 Å². The summed E-state index contributed by atoms with van der Waals surface area (Å²) in [6, 6.07) is 13.0. The Kier molecular flexibility index (Phi) is 4.67. The van der Waals surface area contributed by atoms with E-state index >= 15 is 0 Å². The number of nitrogens with one attached hydrogen (secondary N) is 1. The summed E-state index contributed by atoms with van der Waals surface area (Å²) in [5, 5.41) is 3.57. The number of hydrogen-bond acceptors (Lipinski definition) is 2. The third-order valence-corrected chi connectivity index (χ3v) is 4.16. The molecule has 1 N–H and O–H groups in total. The molecule has 0 fully saturated rings. The van der Waals surface area contributed by atoms with Gasteiger partial charge in [-0.3, -0.25) is 4.79 Å². The Balaban J connectivity index is 1.70. The van der Waals surface area contributed by atoms with Crippen molar-refractivity contribution in [1.29, 1.82) is 0 Å². The van der Waals surface area contributed by atoms with Crippen LogP contribution >= 0.6 is 11.6 Å². The van der Waals surface area contributed by atoms with Crippen molar-refractivity contribution in [1.82, 2.24) is 9.55 Å². The highest BCUT2D eigenvalue weighted by molar-refractivity contribution is 6.30. The molecular weight excluding hydrogens is 322 g/mol. The zero-order valence-corrected chi connectivity index (χ0v) is 14.3. The topological polar surface area (TPSA) is 46.9 Å². The summed E-state index contributed by atoms with van der Waals surface area (Å²) < 4.78 is 2.06. The molecule has 0 atom stereocenters. The van der Waals surface area contributed by atoms with Crippen LogP contribution in [0, 0.1) is 13.8 Å². The summed E-state index contributed by atoms with van der Waals surface area (Å²) in [4.78, 5) is 16.6. The van der Waals surface area contributed by atoms with Crippen LogP contribution in [-0.4, -0.2) is 15.5 Å². The second-order valence-electron chi connectivity index (χ2n) is 5.71. The standard InChI is InChI=1S/C19H18ClN3O/c1-13-11-17(20)7-8-18(13)22-19(24)16-5-3-15(4-6-16)12-23-10-9-21-14(23)2/h3-11H,12H2,1-2H3,(H,22,24). The molecular formula is C19H18ClN3O. The van der Waals surface area contributed by atoms with Gasteiger partial charge in [-0.2, -0.15) is 0 Å². The van der Waals surface area contributed by atoms with Gasteiger partial charge in [0.2, 0.25) is 0 Å². The Morgan fingerprint density at radius 1 is 1.17 bits per heavy atom. The first kappa shape index (κ1) is 16.3. The predicted octanol–water partition coefficient (Wildman–Crippen LogP) is 4.45. The first-order valence-electron chi connectivity index (χ1n) is 7.67. The van der Waals surface area contributed by atoms with E-state index in [2.05, 4.69) is 14.9 Å². The molecule has 0 radical (unpaired) electrons. The van der Waals surface area contributed by atoms with E-state index in [0.717, 1.165) is 29.2 Å². The fourth-order valence-electron chi connectivity index (χ4n) is 2.49. The highest BCUT2D eigenvalue weighted by atomic mass is 35.5. The second-order valence-corrected chi connectivity index (χ2v) is 6.15. The van der Waals surface area contributed by atoms with Crippen LogP contribution in [0.15, 0.2) is 54.9 Å². The molecule has 0 unspecified atom stereocenters. The van der Waals surface area contributed by atoms with Crippen molar-refractivity contribution in [2.24, 2.45) is 0 Å². The number of halogens is 1. The van der Waals surface area contributed by atoms with E-state index < -0.39 is 0 Å². The molecule has 0 aliphatic heterocycles. The number of hydrogen-bond donors (Lipinski definition) is 1. The molecule has 2 aromatic carbocycles. The summed E-state index contributed by atoms with van der Waals surface area (Å²) in [5.74, 6) is 0.834. The lowest BCUT2D eigenvalue weighted by atomic mass is 10.1. The Labute approximate surface area is 146 Å². The van der Waals surface area contributed by atoms with Gasteiger partial charge in [0.25, 0.3) is 5.91 Å². The average molecular weight is 340 g/mol. The third-order valence-electron chi connectivity index (χ3n) is 3.93. The van der Waals surface area contributed by atoms with Gasteiger partial charge in [-0.15, -0.1) is 0 Å². The minimum absolute atomic E-state index is 0.134. The number of anilines is 1. The maximum absolute atomic E-state index is 12.4. The van der Waals surface area contributed by atoms with Gasteiger partial charge in [0, 0.05) is 35.2 Å². The van der Waals surface area contributed by atoms with Crippen molar-refractivity contribution in [3.63, 3.8) is 0 Å². The maximum Gasteiger partial charge on any atom is 0.255 e. The van der Waals surface area contributed by atoms with Crippen LogP contribution in [0.4, 0.5) is 5.69 Å². The molecule has 5 heteroatoms. The molecule has 3 rings (SSSR count). The number of amides is 1. The Morgan fingerprint density at radius 2 is 1.92 bits per heavy atom. The molecule has 1 heterocycles. The number of nitrogens with zero attached hydrogens (tertiary/aromatic N) is 2. The minimum atomic E-state index is -0.134. The number of carbonyl (C=O) groups is 1. The quantitative estimate of drug-likeness (QED) is 0.763. The highest BCUT2D eigenvalue weighted by Gasteiger charge is 2.08. The van der Waals surface area contributed by atoms with Gasteiger partial charge in [-0.05, 0) is 55.3 Å². The summed E-state index contributed by atoms with van der Waals surface area (Å²) >= 11 is 5.94. The minimum Gasteiger partial charge on any atom is -0.331 e. The van der Waals surface area contributed by atoms with Crippen LogP contribution in [0.25, 0.3) is 0 Å². The SMILES string of the molecule is Cc1cc(Cl)ccc1NC(=O)c1ccc(Cn2ccnc2C)cc1. The predicted molar refractivity (Wildman–Crippen MR) is 96.7 cm³/mol. The van der Waals surface area contributed by atoms with Crippen molar-refractivity contribution in [2.45, 2.75) is 20.4 Å². The zero-order chi connectivity index (χ0) is 17.1. The molecule has 4 nitrogen and oxygen atoms in total. The first-order valence-corrected chi connectivity index (χ1v) is 8.05. The van der Waals surface area contributed by atoms with E-state index in [1.54, 1.807) is 12.3 Å². The number of carbonyl (C=O) groups excluding carboxylic acids is 1. The number of imidazole rings is 1. The van der Waals surface area contributed by atoms with Gasteiger partial charge < -0.3 is 9.88 Å². The summed E-state index contributed by atoms with van der Waals surface area (Å²) in [7, 11) is 0. The lowest BCUT2D eigenvalue weighted by molar-refractivity contribution is 0.102. The number of rotatable bonds is 4. The molecule has 0 saturated carbocycles. The van der Waals surface area contributed by atoms with Gasteiger partial charge in [0.15, 0.2) is 0 Å². The zero-order valence-electron chi connectivity index (χ0n) is 13.6. The lowest BCUT2D eigenvalue weighted by Crippen LogP contribution is -2.13. The van der Waals surface area contributed by atoms with E-state index in [0.29, 0.717) is 10.6 Å². The number of benzene rings is 2. The van der Waals surface area contributed by atoms with Crippen molar-refractivity contribution < 1.29 is 4.79 Å². The van der Waals surface area contributed by atoms with Crippen LogP contribution in [0.1, 0.15) is 27.3 Å². The second kappa shape index (κ2) is 6.89. The first-order chi connectivity index (χ1) is 11.5. The number of aryl methyl sites for hydroxylation is 2. The molecule has 0 aliphatic rings. The van der Waals surface area contributed by atoms with Crippen LogP contribution in [-0.2, 0) is 6.54 Å². The van der Waals surface area contributed by atoms with Gasteiger partial charge in [0.1, 0.15) is 5.82 Å². The molecule has 24 heavy (non-hydrogen) atoms. The number of aromatic nitrogens is 2. The average Bonchev–Trinajstić information content (AvgIpc) is 2.96. The molecule has 0 bridgehead atoms. The van der Waals surface area contributed by atoms with Crippen molar-refractivity contribution >= 4 is 23.2 Å². The van der Waals surface area contributed by atoms with Gasteiger partial charge >= 0.3 is 0 Å². The van der Waals surface area contributed by atoms with E-state index in [-0.39, 0.29) is 5.91 Å². The van der Waals surface area contributed by atoms with E-state index in [1.807, 2.05) is 56.4 Å². The molecule has 0 aliphatic carbocycles. The fourth-order valence-corrected chi connectivity index (χ4v) is 2.72. The van der Waals surface area contributed by atoms with Crippen LogP contribution in [0.5, 0.6) is 0 Å². The fraction of sp³-hybridized carbons (Fsp3) is 0.158. The maximum atomic E-state index is 12.4. The van der Waals surface area contributed by atoms with E-state index in [9.17, 15) is 4.79 Å². The molecule has 3 aromatic rings. The molecule has 1 aromatic heterocycles. The monoisotopic (exact) mass is 339 g/mol. The van der Waals surface area contributed by atoms with Crippen LogP contribution in [0.3, 0.4) is 0 Å². The molecule has 0 spiro atoms.